The van der Waals surface area contributed by atoms with Gasteiger partial charge >= 0.3 is 0 Å². The Morgan fingerprint density at radius 1 is 1.26 bits per heavy atom. The molecule has 2 aromatic rings. The number of halogens is 2. The smallest absolute Gasteiger partial charge is 0.256 e. The van der Waals surface area contributed by atoms with Crippen molar-refractivity contribution in [1.29, 1.82) is 0 Å². The molecule has 4 rings (SSSR count). The van der Waals surface area contributed by atoms with E-state index in [0.29, 0.717) is 21.4 Å². The molecule has 2 aliphatic rings. The monoisotopic (exact) mass is 422 g/mol. The molecule has 144 valence electrons. The molecule has 0 radical (unpaired) electrons. The first-order valence-corrected chi connectivity index (χ1v) is 11.0. The maximum atomic E-state index is 12.9. The molecule has 2 atom stereocenters. The van der Waals surface area contributed by atoms with Crippen molar-refractivity contribution in [1.82, 2.24) is 5.32 Å². The van der Waals surface area contributed by atoms with E-state index in [2.05, 4.69) is 31.4 Å². The van der Waals surface area contributed by atoms with E-state index in [1.807, 2.05) is 12.1 Å². The fourth-order valence-electron chi connectivity index (χ4n) is 4.15. The summed E-state index contributed by atoms with van der Waals surface area (Å²) in [6.45, 7) is 6.99. The van der Waals surface area contributed by atoms with Crippen molar-refractivity contribution in [3.05, 3.63) is 49.8 Å². The Bertz CT molecular complexity index is 906. The van der Waals surface area contributed by atoms with Gasteiger partial charge < -0.3 is 10.6 Å². The number of nitrogens with one attached hydrogen (secondary N) is 2. The van der Waals surface area contributed by atoms with Crippen molar-refractivity contribution in [3.8, 4) is 0 Å². The highest BCUT2D eigenvalue weighted by molar-refractivity contribution is 7.16. The molecular weight excluding hydrogens is 399 g/mol. The second kappa shape index (κ2) is 6.98. The Kier molecular flexibility index (Phi) is 4.94. The number of fused-ring (bicyclic) bond motifs is 3. The van der Waals surface area contributed by atoms with Crippen LogP contribution in [0.2, 0.25) is 10.0 Å². The standard InChI is InChI=1S/C21H24Cl2N2OS/c1-4-21(2,3)11-8-9-12-15(10-11)27-20-16(12)19(26)24-18(25-20)13-6-5-7-14(22)17(13)23/h5-7,11,18,25H,4,8-10H2,1-3H3,(H,24,26)/t11-,18-/m0/s1. The van der Waals surface area contributed by atoms with Gasteiger partial charge in [0, 0.05) is 10.4 Å². The molecule has 1 amide bonds. The lowest BCUT2D eigenvalue weighted by Crippen LogP contribution is -2.38. The van der Waals surface area contributed by atoms with Crippen LogP contribution in [0, 0.1) is 11.3 Å². The van der Waals surface area contributed by atoms with Gasteiger partial charge in [-0.05, 0) is 42.2 Å². The number of amides is 1. The minimum absolute atomic E-state index is 0.0181. The fourth-order valence-corrected chi connectivity index (χ4v) is 5.92. The maximum Gasteiger partial charge on any atom is 0.256 e. The van der Waals surface area contributed by atoms with Gasteiger partial charge in [0.15, 0.2) is 0 Å². The lowest BCUT2D eigenvalue weighted by Gasteiger charge is -2.36. The van der Waals surface area contributed by atoms with E-state index >= 15 is 0 Å². The average molecular weight is 423 g/mol. The first kappa shape index (κ1) is 19.1. The lowest BCUT2D eigenvalue weighted by atomic mass is 9.69. The van der Waals surface area contributed by atoms with E-state index in [-0.39, 0.29) is 12.1 Å². The van der Waals surface area contributed by atoms with Crippen LogP contribution < -0.4 is 10.6 Å². The van der Waals surface area contributed by atoms with Crippen molar-refractivity contribution in [3.63, 3.8) is 0 Å². The summed E-state index contributed by atoms with van der Waals surface area (Å²) >= 11 is 14.3. The summed E-state index contributed by atoms with van der Waals surface area (Å²) in [7, 11) is 0. The summed E-state index contributed by atoms with van der Waals surface area (Å²) in [5.41, 5.74) is 3.19. The quantitative estimate of drug-likeness (QED) is 0.596. The molecule has 0 saturated carbocycles. The number of hydrogen-bond acceptors (Lipinski definition) is 3. The molecule has 0 fully saturated rings. The molecule has 6 heteroatoms. The van der Waals surface area contributed by atoms with E-state index < -0.39 is 0 Å². The van der Waals surface area contributed by atoms with E-state index in [1.165, 1.54) is 16.9 Å². The first-order chi connectivity index (χ1) is 12.8. The van der Waals surface area contributed by atoms with Gasteiger partial charge in [0.05, 0.1) is 15.6 Å². The van der Waals surface area contributed by atoms with Crippen LogP contribution in [0.15, 0.2) is 18.2 Å². The number of hydrogen-bond donors (Lipinski definition) is 2. The number of rotatable bonds is 3. The Morgan fingerprint density at radius 3 is 2.78 bits per heavy atom. The van der Waals surface area contributed by atoms with Crippen LogP contribution in [0.4, 0.5) is 5.00 Å². The molecule has 0 bridgehead atoms. The van der Waals surface area contributed by atoms with Crippen molar-refractivity contribution in [2.24, 2.45) is 11.3 Å². The molecule has 3 nitrogen and oxygen atoms in total. The summed E-state index contributed by atoms with van der Waals surface area (Å²) < 4.78 is 0. The second-order valence-electron chi connectivity index (χ2n) is 8.18. The fraction of sp³-hybridized carbons (Fsp3) is 0.476. The zero-order chi connectivity index (χ0) is 19.3. The van der Waals surface area contributed by atoms with E-state index in [4.69, 9.17) is 23.2 Å². The van der Waals surface area contributed by atoms with E-state index in [0.717, 1.165) is 35.4 Å². The van der Waals surface area contributed by atoms with Gasteiger partial charge in [-0.1, -0.05) is 62.5 Å². The Morgan fingerprint density at radius 2 is 2.04 bits per heavy atom. The predicted molar refractivity (Wildman–Crippen MR) is 114 cm³/mol. The highest BCUT2D eigenvalue weighted by atomic mass is 35.5. The molecule has 2 heterocycles. The molecule has 2 N–H and O–H groups in total. The third kappa shape index (κ3) is 3.26. The molecule has 1 aromatic carbocycles. The number of carbonyl (C=O) groups is 1. The first-order valence-electron chi connectivity index (χ1n) is 9.47. The SMILES string of the molecule is CCC(C)(C)[C@H]1CCc2c(sc3c2C(=O)N[C@H](c2cccc(Cl)c2Cl)N3)C1. The lowest BCUT2D eigenvalue weighted by molar-refractivity contribution is 0.0934. The normalized spacial score (nSPS) is 21.9. The van der Waals surface area contributed by atoms with Crippen LogP contribution in [-0.2, 0) is 12.8 Å². The maximum absolute atomic E-state index is 12.9. The molecule has 0 spiro atoms. The van der Waals surface area contributed by atoms with Crippen LogP contribution in [0.25, 0.3) is 0 Å². The summed E-state index contributed by atoms with van der Waals surface area (Å²) in [5.74, 6) is 0.645. The average Bonchev–Trinajstić information content (AvgIpc) is 3.01. The van der Waals surface area contributed by atoms with Gasteiger partial charge in [0.2, 0.25) is 0 Å². The van der Waals surface area contributed by atoms with Crippen molar-refractivity contribution < 1.29 is 4.79 Å². The Balaban J connectivity index is 1.66. The van der Waals surface area contributed by atoms with Crippen LogP contribution in [-0.4, -0.2) is 5.91 Å². The number of benzene rings is 1. The Hall–Kier alpha value is -1.23. The molecule has 1 aliphatic carbocycles. The van der Waals surface area contributed by atoms with Gasteiger partial charge in [0.25, 0.3) is 5.91 Å². The molecule has 1 aliphatic heterocycles. The predicted octanol–water partition coefficient (Wildman–Crippen LogP) is 6.45. The molecule has 0 saturated heterocycles. The topological polar surface area (TPSA) is 41.1 Å². The third-order valence-electron chi connectivity index (χ3n) is 6.35. The Labute approximate surface area is 174 Å². The molecular formula is C21H24Cl2N2OS. The van der Waals surface area contributed by atoms with E-state index in [9.17, 15) is 4.79 Å². The van der Waals surface area contributed by atoms with Crippen LogP contribution >= 0.6 is 34.5 Å². The van der Waals surface area contributed by atoms with Gasteiger partial charge in [-0.15, -0.1) is 11.3 Å². The van der Waals surface area contributed by atoms with Crippen LogP contribution in [0.1, 0.15) is 66.1 Å². The second-order valence-corrected chi connectivity index (χ2v) is 10.1. The van der Waals surface area contributed by atoms with Gasteiger partial charge in [-0.2, -0.15) is 0 Å². The van der Waals surface area contributed by atoms with Gasteiger partial charge in [0.1, 0.15) is 11.2 Å². The summed E-state index contributed by atoms with van der Waals surface area (Å²) in [6.07, 6.45) is 4.00. The van der Waals surface area contributed by atoms with Gasteiger partial charge in [-0.25, -0.2) is 0 Å². The number of anilines is 1. The molecule has 0 unspecified atom stereocenters. The highest BCUT2D eigenvalue weighted by Gasteiger charge is 2.37. The molecule has 1 aromatic heterocycles. The summed E-state index contributed by atoms with van der Waals surface area (Å²) in [6, 6.07) is 5.50. The summed E-state index contributed by atoms with van der Waals surface area (Å²) in [4.78, 5) is 14.3. The number of carbonyl (C=O) groups excluding carboxylic acids is 1. The van der Waals surface area contributed by atoms with Crippen molar-refractivity contribution in [2.75, 3.05) is 5.32 Å². The van der Waals surface area contributed by atoms with E-state index in [1.54, 1.807) is 17.4 Å². The minimum atomic E-state index is -0.362. The van der Waals surface area contributed by atoms with Crippen molar-refractivity contribution in [2.45, 2.75) is 52.6 Å². The van der Waals surface area contributed by atoms with Crippen LogP contribution in [0.3, 0.4) is 0 Å². The summed E-state index contributed by atoms with van der Waals surface area (Å²) in [5, 5.41) is 8.47. The minimum Gasteiger partial charge on any atom is -0.353 e. The zero-order valence-electron chi connectivity index (χ0n) is 15.8. The van der Waals surface area contributed by atoms with Crippen LogP contribution in [0.5, 0.6) is 0 Å². The number of thiophene rings is 1. The zero-order valence-corrected chi connectivity index (χ0v) is 18.1. The third-order valence-corrected chi connectivity index (χ3v) is 8.37. The largest absolute Gasteiger partial charge is 0.353 e. The van der Waals surface area contributed by atoms with Gasteiger partial charge in [-0.3, -0.25) is 4.79 Å². The van der Waals surface area contributed by atoms with Crippen molar-refractivity contribution >= 4 is 45.4 Å². The highest BCUT2D eigenvalue weighted by Crippen LogP contribution is 2.47. The molecule has 27 heavy (non-hydrogen) atoms.